The molecule has 3 aromatic carbocycles. The van der Waals surface area contributed by atoms with Crippen LogP contribution < -0.4 is 27.2 Å². The van der Waals surface area contributed by atoms with E-state index in [0.717, 1.165) is 16.0 Å². The number of thioether (sulfide) groups is 1. The van der Waals surface area contributed by atoms with Crippen molar-refractivity contribution >= 4 is 41.0 Å². The van der Waals surface area contributed by atoms with Gasteiger partial charge < -0.3 is 26.1 Å². The maximum atomic E-state index is 12.9. The first kappa shape index (κ1) is 27.5. The molecule has 1 heterocycles. The number of nitrogens with two attached hydrogens (primary N) is 1. The third-order valence-corrected chi connectivity index (χ3v) is 7.09. The van der Waals surface area contributed by atoms with Crippen molar-refractivity contribution in [2.45, 2.75) is 23.1 Å². The Kier molecular flexibility index (Phi) is 9.76. The van der Waals surface area contributed by atoms with E-state index in [9.17, 15) is 14.4 Å². The molecule has 3 aromatic rings. The monoisotopic (exact) mass is 543 g/mol. The number of amides is 3. The van der Waals surface area contributed by atoms with Gasteiger partial charge in [-0.3, -0.25) is 9.59 Å². The molecule has 6 N–H and O–H groups in total. The molecule has 1 atom stereocenters. The maximum Gasteiger partial charge on any atom is 0.325 e. The number of anilines is 2. The normalized spacial score (nSPS) is 12.9. The lowest BCUT2D eigenvalue weighted by molar-refractivity contribution is -0.144. The second-order valence-corrected chi connectivity index (χ2v) is 9.91. The minimum absolute atomic E-state index is 0.135. The zero-order chi connectivity index (χ0) is 27.5. The summed E-state index contributed by atoms with van der Waals surface area (Å²) in [5.74, 6) is 4.26. The number of dihydropyridines is 1. The fourth-order valence-electron chi connectivity index (χ4n) is 3.82. The van der Waals surface area contributed by atoms with Crippen molar-refractivity contribution in [1.29, 1.82) is 0 Å². The van der Waals surface area contributed by atoms with E-state index in [1.807, 2.05) is 60.8 Å². The minimum Gasteiger partial charge on any atom is -0.387 e. The maximum absolute atomic E-state index is 12.9. The first-order chi connectivity index (χ1) is 19.0. The lowest BCUT2D eigenvalue weighted by Gasteiger charge is -2.21. The average molecular weight is 544 g/mol. The van der Waals surface area contributed by atoms with Crippen molar-refractivity contribution in [3.8, 4) is 0 Å². The fraction of sp³-hybridized carbons (Fsp3) is 0.138. The summed E-state index contributed by atoms with van der Waals surface area (Å²) in [6, 6.07) is 23.3. The van der Waals surface area contributed by atoms with Crippen molar-refractivity contribution in [2.75, 3.05) is 17.2 Å². The summed E-state index contributed by atoms with van der Waals surface area (Å²) in [6.45, 7) is 1.02. The second kappa shape index (κ2) is 13.8. The SMILES string of the molecule is NOC(=O)CC(Sc1ccc(NC(=O)c2cccc(NC(=O)NCc3ccccc3)c2)cc1)C1=CC=CNC1. The molecule has 1 aliphatic rings. The number of benzene rings is 3. The lowest BCUT2D eigenvalue weighted by Crippen LogP contribution is -2.28. The van der Waals surface area contributed by atoms with Crippen LogP contribution in [0.2, 0.25) is 0 Å². The number of rotatable bonds is 10. The molecule has 200 valence electrons. The van der Waals surface area contributed by atoms with Gasteiger partial charge >= 0.3 is 12.0 Å². The topological polar surface area (TPSA) is 135 Å². The third-order valence-electron chi connectivity index (χ3n) is 5.80. The molecule has 0 spiro atoms. The zero-order valence-corrected chi connectivity index (χ0v) is 21.9. The largest absolute Gasteiger partial charge is 0.387 e. The molecule has 9 nitrogen and oxygen atoms in total. The van der Waals surface area contributed by atoms with Gasteiger partial charge in [0.15, 0.2) is 0 Å². The summed E-state index contributed by atoms with van der Waals surface area (Å²) in [5, 5.41) is 11.4. The van der Waals surface area contributed by atoms with Gasteiger partial charge in [-0.1, -0.05) is 42.5 Å². The Bertz CT molecular complexity index is 1360. The molecular formula is C29H29N5O4S. The van der Waals surface area contributed by atoms with Gasteiger partial charge in [-0.05, 0) is 65.9 Å². The molecule has 0 aromatic heterocycles. The smallest absolute Gasteiger partial charge is 0.325 e. The summed E-state index contributed by atoms with van der Waals surface area (Å²) in [5.41, 5.74) is 3.55. The predicted molar refractivity (Wildman–Crippen MR) is 153 cm³/mol. The van der Waals surface area contributed by atoms with Crippen LogP contribution in [0.4, 0.5) is 16.2 Å². The van der Waals surface area contributed by atoms with Crippen molar-refractivity contribution in [1.82, 2.24) is 10.6 Å². The molecule has 0 saturated carbocycles. The molecule has 1 unspecified atom stereocenters. The van der Waals surface area contributed by atoms with Gasteiger partial charge in [-0.15, -0.1) is 11.8 Å². The Morgan fingerprint density at radius 2 is 1.74 bits per heavy atom. The van der Waals surface area contributed by atoms with E-state index in [0.29, 0.717) is 30.0 Å². The summed E-state index contributed by atoms with van der Waals surface area (Å²) in [7, 11) is 0. The van der Waals surface area contributed by atoms with E-state index in [-0.39, 0.29) is 23.6 Å². The van der Waals surface area contributed by atoms with Crippen LogP contribution in [0.3, 0.4) is 0 Å². The number of carbonyl (C=O) groups excluding carboxylic acids is 3. The first-order valence-electron chi connectivity index (χ1n) is 12.3. The quantitative estimate of drug-likeness (QED) is 0.187. The summed E-state index contributed by atoms with van der Waals surface area (Å²) in [6.07, 6.45) is 5.84. The van der Waals surface area contributed by atoms with E-state index in [4.69, 9.17) is 5.90 Å². The summed E-state index contributed by atoms with van der Waals surface area (Å²) < 4.78 is 0. The molecule has 3 amide bonds. The molecule has 0 saturated heterocycles. The van der Waals surface area contributed by atoms with Crippen LogP contribution in [-0.4, -0.2) is 29.7 Å². The number of allylic oxidation sites excluding steroid dienone is 2. The molecule has 39 heavy (non-hydrogen) atoms. The third kappa shape index (κ3) is 8.49. The highest BCUT2D eigenvalue weighted by molar-refractivity contribution is 8.00. The number of hydrogen-bond donors (Lipinski definition) is 5. The van der Waals surface area contributed by atoms with Gasteiger partial charge in [-0.25, -0.2) is 4.79 Å². The first-order valence-corrected chi connectivity index (χ1v) is 13.1. The van der Waals surface area contributed by atoms with Crippen molar-refractivity contribution in [3.05, 3.63) is 114 Å². The highest BCUT2D eigenvalue weighted by Gasteiger charge is 2.21. The predicted octanol–water partition coefficient (Wildman–Crippen LogP) is 4.57. The molecular weight excluding hydrogens is 514 g/mol. The zero-order valence-electron chi connectivity index (χ0n) is 21.1. The van der Waals surface area contributed by atoms with Gasteiger partial charge in [0.25, 0.3) is 5.91 Å². The number of nitrogens with one attached hydrogen (secondary N) is 4. The summed E-state index contributed by atoms with van der Waals surface area (Å²) >= 11 is 1.52. The molecule has 4 rings (SSSR count). The lowest BCUT2D eigenvalue weighted by atomic mass is 10.1. The Hall–Kier alpha value is -4.54. The van der Waals surface area contributed by atoms with Crippen LogP contribution in [0, 0.1) is 0 Å². The van der Waals surface area contributed by atoms with E-state index in [2.05, 4.69) is 26.1 Å². The number of carbonyl (C=O) groups is 3. The van der Waals surface area contributed by atoms with Crippen molar-refractivity contribution in [2.24, 2.45) is 5.90 Å². The van der Waals surface area contributed by atoms with Crippen LogP contribution >= 0.6 is 11.8 Å². The number of urea groups is 1. The summed E-state index contributed by atoms with van der Waals surface area (Å²) in [4.78, 5) is 42.3. The van der Waals surface area contributed by atoms with Crippen molar-refractivity contribution in [3.63, 3.8) is 0 Å². The van der Waals surface area contributed by atoms with Gasteiger partial charge in [0.05, 0.1) is 6.42 Å². The van der Waals surface area contributed by atoms with Gasteiger partial charge in [-0.2, -0.15) is 5.90 Å². The van der Waals surface area contributed by atoms with Crippen LogP contribution in [0.5, 0.6) is 0 Å². The van der Waals surface area contributed by atoms with Crippen LogP contribution in [0.25, 0.3) is 0 Å². The molecule has 0 bridgehead atoms. The Balaban J connectivity index is 1.33. The van der Waals surface area contributed by atoms with Gasteiger partial charge in [0.2, 0.25) is 0 Å². The van der Waals surface area contributed by atoms with E-state index < -0.39 is 5.97 Å². The second-order valence-electron chi connectivity index (χ2n) is 8.63. The van der Waals surface area contributed by atoms with Crippen LogP contribution in [-0.2, 0) is 16.2 Å². The highest BCUT2D eigenvalue weighted by atomic mass is 32.2. The van der Waals surface area contributed by atoms with Gasteiger partial charge in [0, 0.05) is 40.2 Å². The number of hydrogen-bond acceptors (Lipinski definition) is 7. The molecule has 0 radical (unpaired) electrons. The van der Waals surface area contributed by atoms with Crippen molar-refractivity contribution < 1.29 is 19.2 Å². The van der Waals surface area contributed by atoms with E-state index >= 15 is 0 Å². The Labute approximate surface area is 230 Å². The molecule has 0 aliphatic carbocycles. The van der Waals surface area contributed by atoms with E-state index in [1.165, 1.54) is 11.8 Å². The van der Waals surface area contributed by atoms with Crippen LogP contribution in [0.15, 0.2) is 108 Å². The standard InChI is InChI=1S/C29H29N5O4S/c30-38-27(35)17-26(22-9-5-15-31-19-22)39-25-13-11-23(12-14-25)33-28(36)21-8-4-10-24(16-21)34-29(37)32-18-20-6-2-1-3-7-20/h1-16,26,31H,17-19,30H2,(H,33,36)(H2,32,34,37). The fourth-order valence-corrected chi connectivity index (χ4v) is 4.98. The molecule has 10 heteroatoms. The average Bonchev–Trinajstić information content (AvgIpc) is 2.97. The van der Waals surface area contributed by atoms with Crippen LogP contribution in [0.1, 0.15) is 22.3 Å². The minimum atomic E-state index is -0.489. The Morgan fingerprint density at radius 3 is 2.46 bits per heavy atom. The van der Waals surface area contributed by atoms with E-state index in [1.54, 1.807) is 36.4 Å². The van der Waals surface area contributed by atoms with Gasteiger partial charge in [0.1, 0.15) is 0 Å². The highest BCUT2D eigenvalue weighted by Crippen LogP contribution is 2.32. The molecule has 0 fully saturated rings. The Morgan fingerprint density at radius 1 is 0.949 bits per heavy atom. The molecule has 1 aliphatic heterocycles.